The van der Waals surface area contributed by atoms with Crippen LogP contribution in [0.4, 0.5) is 0 Å². The molecule has 0 radical (unpaired) electrons. The fourth-order valence-corrected chi connectivity index (χ4v) is 2.25. The third-order valence-corrected chi connectivity index (χ3v) is 4.08. The van der Waals surface area contributed by atoms with Gasteiger partial charge in [-0.1, -0.05) is 6.07 Å². The van der Waals surface area contributed by atoms with E-state index in [0.717, 1.165) is 23.1 Å². The SMILES string of the molecule is Cc1ccc(C(=O)NCC(=O)N(C)CCc2ccncc2)cc1C. The Morgan fingerprint density at radius 2 is 1.79 bits per heavy atom. The average Bonchev–Trinajstić information content (AvgIpc) is 2.60. The molecule has 1 N–H and O–H groups in total. The topological polar surface area (TPSA) is 62.3 Å². The summed E-state index contributed by atoms with van der Waals surface area (Å²) in [7, 11) is 1.74. The van der Waals surface area contributed by atoms with Crippen LogP contribution in [0.3, 0.4) is 0 Å². The first-order valence-electron chi connectivity index (χ1n) is 7.95. The number of rotatable bonds is 6. The number of aromatic nitrogens is 1. The Morgan fingerprint density at radius 3 is 2.46 bits per heavy atom. The molecule has 0 saturated carbocycles. The van der Waals surface area contributed by atoms with Crippen LogP contribution in [0.25, 0.3) is 0 Å². The zero-order valence-electron chi connectivity index (χ0n) is 14.4. The van der Waals surface area contributed by atoms with E-state index in [0.29, 0.717) is 12.1 Å². The van der Waals surface area contributed by atoms with E-state index in [-0.39, 0.29) is 18.4 Å². The van der Waals surface area contributed by atoms with Gasteiger partial charge in [0.1, 0.15) is 0 Å². The van der Waals surface area contributed by atoms with E-state index < -0.39 is 0 Å². The Hall–Kier alpha value is -2.69. The third kappa shape index (κ3) is 4.91. The van der Waals surface area contributed by atoms with Gasteiger partial charge in [-0.3, -0.25) is 14.6 Å². The summed E-state index contributed by atoms with van der Waals surface area (Å²) >= 11 is 0. The number of nitrogens with one attached hydrogen (secondary N) is 1. The zero-order chi connectivity index (χ0) is 17.5. The highest BCUT2D eigenvalue weighted by molar-refractivity contribution is 5.96. The van der Waals surface area contributed by atoms with Gasteiger partial charge in [0.15, 0.2) is 0 Å². The van der Waals surface area contributed by atoms with Gasteiger partial charge in [-0.2, -0.15) is 0 Å². The smallest absolute Gasteiger partial charge is 0.251 e. The van der Waals surface area contributed by atoms with E-state index in [2.05, 4.69) is 10.3 Å². The number of likely N-dealkylation sites (N-methyl/N-ethyl adjacent to an activating group) is 1. The molecule has 0 aliphatic carbocycles. The molecule has 0 bridgehead atoms. The van der Waals surface area contributed by atoms with E-state index in [1.807, 2.05) is 38.1 Å². The molecule has 0 aliphatic rings. The van der Waals surface area contributed by atoms with Crippen molar-refractivity contribution < 1.29 is 9.59 Å². The molecular formula is C19H23N3O2. The summed E-state index contributed by atoms with van der Waals surface area (Å²) in [6.07, 6.45) is 4.23. The maximum Gasteiger partial charge on any atom is 0.251 e. The molecule has 2 aromatic rings. The van der Waals surface area contributed by atoms with E-state index >= 15 is 0 Å². The number of hydrogen-bond donors (Lipinski definition) is 1. The van der Waals surface area contributed by atoms with Crippen LogP contribution >= 0.6 is 0 Å². The second kappa shape index (κ2) is 8.24. The van der Waals surface area contributed by atoms with Gasteiger partial charge in [-0.25, -0.2) is 0 Å². The summed E-state index contributed by atoms with van der Waals surface area (Å²) in [5, 5.41) is 2.68. The first-order chi connectivity index (χ1) is 11.5. The summed E-state index contributed by atoms with van der Waals surface area (Å²) in [4.78, 5) is 29.8. The van der Waals surface area contributed by atoms with Crippen LogP contribution in [-0.4, -0.2) is 41.8 Å². The number of carbonyl (C=O) groups excluding carboxylic acids is 2. The Bertz CT molecular complexity index is 714. The quantitative estimate of drug-likeness (QED) is 0.885. The van der Waals surface area contributed by atoms with E-state index in [1.54, 1.807) is 30.4 Å². The van der Waals surface area contributed by atoms with Crippen molar-refractivity contribution in [2.75, 3.05) is 20.1 Å². The number of amides is 2. The minimum atomic E-state index is -0.228. The predicted octanol–water partition coefficient (Wildman–Crippen LogP) is 2.13. The molecule has 24 heavy (non-hydrogen) atoms. The molecule has 0 aliphatic heterocycles. The van der Waals surface area contributed by atoms with Crippen molar-refractivity contribution in [2.24, 2.45) is 0 Å². The van der Waals surface area contributed by atoms with Crippen molar-refractivity contribution in [2.45, 2.75) is 20.3 Å². The first kappa shape index (κ1) is 17.7. The average molecular weight is 325 g/mol. The van der Waals surface area contributed by atoms with Crippen LogP contribution in [0.5, 0.6) is 0 Å². The van der Waals surface area contributed by atoms with Gasteiger partial charge < -0.3 is 10.2 Å². The number of hydrogen-bond acceptors (Lipinski definition) is 3. The Morgan fingerprint density at radius 1 is 1.08 bits per heavy atom. The molecule has 1 heterocycles. The van der Waals surface area contributed by atoms with E-state index in [9.17, 15) is 9.59 Å². The standard InChI is InChI=1S/C19H23N3O2/c1-14-4-5-17(12-15(14)2)19(24)21-13-18(23)22(3)11-8-16-6-9-20-10-7-16/h4-7,9-10,12H,8,11,13H2,1-3H3,(H,21,24). The molecule has 5 nitrogen and oxygen atoms in total. The van der Waals surface area contributed by atoms with Gasteiger partial charge in [-0.05, 0) is 61.2 Å². The Balaban J connectivity index is 1.81. The van der Waals surface area contributed by atoms with E-state index in [4.69, 9.17) is 0 Å². The fraction of sp³-hybridized carbons (Fsp3) is 0.316. The monoisotopic (exact) mass is 325 g/mol. The molecule has 0 spiro atoms. The number of benzene rings is 1. The Labute approximate surface area is 142 Å². The maximum absolute atomic E-state index is 12.1. The predicted molar refractivity (Wildman–Crippen MR) is 93.8 cm³/mol. The van der Waals surface area contributed by atoms with Gasteiger partial charge in [0.2, 0.25) is 5.91 Å². The summed E-state index contributed by atoms with van der Waals surface area (Å²) in [5.41, 5.74) is 3.90. The lowest BCUT2D eigenvalue weighted by Gasteiger charge is -2.17. The molecule has 0 unspecified atom stereocenters. The third-order valence-electron chi connectivity index (χ3n) is 4.08. The first-order valence-corrected chi connectivity index (χ1v) is 7.95. The number of aryl methyl sites for hydroxylation is 2. The normalized spacial score (nSPS) is 10.3. The van der Waals surface area contributed by atoms with Crippen molar-refractivity contribution in [1.82, 2.24) is 15.2 Å². The molecular weight excluding hydrogens is 302 g/mol. The van der Waals surface area contributed by atoms with Crippen molar-refractivity contribution >= 4 is 11.8 Å². The highest BCUT2D eigenvalue weighted by atomic mass is 16.2. The molecule has 1 aromatic heterocycles. The summed E-state index contributed by atoms with van der Waals surface area (Å²) < 4.78 is 0. The summed E-state index contributed by atoms with van der Waals surface area (Å²) in [6.45, 7) is 4.56. The zero-order valence-corrected chi connectivity index (χ0v) is 14.4. The van der Waals surface area contributed by atoms with Crippen LogP contribution in [0, 0.1) is 13.8 Å². The Kier molecular flexibility index (Phi) is 6.07. The van der Waals surface area contributed by atoms with Gasteiger partial charge in [0.05, 0.1) is 6.54 Å². The molecule has 126 valence electrons. The van der Waals surface area contributed by atoms with Gasteiger partial charge in [0, 0.05) is 31.5 Å². The summed E-state index contributed by atoms with van der Waals surface area (Å²) in [6, 6.07) is 9.38. The molecule has 0 fully saturated rings. The van der Waals surface area contributed by atoms with Gasteiger partial charge in [0.25, 0.3) is 5.91 Å². The number of nitrogens with zero attached hydrogens (tertiary/aromatic N) is 2. The highest BCUT2D eigenvalue weighted by Crippen LogP contribution is 2.09. The maximum atomic E-state index is 12.1. The molecule has 0 atom stereocenters. The van der Waals surface area contributed by atoms with E-state index in [1.165, 1.54) is 0 Å². The van der Waals surface area contributed by atoms with Crippen LogP contribution < -0.4 is 5.32 Å². The minimum absolute atomic E-state index is 0.00139. The number of carbonyl (C=O) groups is 2. The lowest BCUT2D eigenvalue weighted by atomic mass is 10.1. The van der Waals surface area contributed by atoms with Crippen LogP contribution in [-0.2, 0) is 11.2 Å². The molecule has 5 heteroatoms. The van der Waals surface area contributed by atoms with Crippen LogP contribution in [0.15, 0.2) is 42.7 Å². The highest BCUT2D eigenvalue weighted by Gasteiger charge is 2.12. The molecule has 2 amide bonds. The summed E-state index contributed by atoms with van der Waals surface area (Å²) in [5.74, 6) is -0.338. The van der Waals surface area contributed by atoms with Gasteiger partial charge in [-0.15, -0.1) is 0 Å². The van der Waals surface area contributed by atoms with Crippen molar-refractivity contribution in [3.8, 4) is 0 Å². The molecule has 2 rings (SSSR count). The van der Waals surface area contributed by atoms with Crippen molar-refractivity contribution in [1.29, 1.82) is 0 Å². The lowest BCUT2D eigenvalue weighted by molar-refractivity contribution is -0.128. The van der Waals surface area contributed by atoms with Gasteiger partial charge >= 0.3 is 0 Å². The van der Waals surface area contributed by atoms with Crippen LogP contribution in [0.1, 0.15) is 27.0 Å². The molecule has 0 saturated heterocycles. The largest absolute Gasteiger partial charge is 0.344 e. The minimum Gasteiger partial charge on any atom is -0.344 e. The second-order valence-corrected chi connectivity index (χ2v) is 5.90. The fourth-order valence-electron chi connectivity index (χ4n) is 2.25. The van der Waals surface area contributed by atoms with Crippen molar-refractivity contribution in [3.63, 3.8) is 0 Å². The molecule has 1 aromatic carbocycles. The van der Waals surface area contributed by atoms with Crippen molar-refractivity contribution in [3.05, 3.63) is 65.0 Å². The number of pyridine rings is 1. The lowest BCUT2D eigenvalue weighted by Crippen LogP contribution is -2.39. The van der Waals surface area contributed by atoms with Crippen LogP contribution in [0.2, 0.25) is 0 Å². The second-order valence-electron chi connectivity index (χ2n) is 5.90.